The fraction of sp³-hybridized carbons (Fsp3) is 1.00. The third-order valence-electron chi connectivity index (χ3n) is 4.40. The predicted octanol–water partition coefficient (Wildman–Crippen LogP) is 2.95. The van der Waals surface area contributed by atoms with Gasteiger partial charge in [0.2, 0.25) is 0 Å². The van der Waals surface area contributed by atoms with Crippen LogP contribution in [0.15, 0.2) is 0 Å². The van der Waals surface area contributed by atoms with Gasteiger partial charge in [0.05, 0.1) is 0 Å². The zero-order valence-electron chi connectivity index (χ0n) is 11.2. The van der Waals surface area contributed by atoms with Crippen molar-refractivity contribution in [2.24, 2.45) is 0 Å². The number of rotatable bonds is 5. The first kappa shape index (κ1) is 13.6. The number of halogens is 1. The Kier molecular flexibility index (Phi) is 5.58. The number of piperazine rings is 1. The van der Waals surface area contributed by atoms with Gasteiger partial charge in [0.25, 0.3) is 0 Å². The molecule has 100 valence electrons. The first-order chi connectivity index (χ1) is 8.31. The highest BCUT2D eigenvalue weighted by Crippen LogP contribution is 2.24. The maximum Gasteiger partial charge on any atom is 0.0223 e. The van der Waals surface area contributed by atoms with E-state index in [0.717, 1.165) is 18.0 Å². The van der Waals surface area contributed by atoms with E-state index in [9.17, 15) is 0 Å². The second kappa shape index (κ2) is 6.96. The van der Waals surface area contributed by atoms with Crippen LogP contribution in [0.25, 0.3) is 0 Å². The Morgan fingerprint density at radius 3 is 2.82 bits per heavy atom. The van der Waals surface area contributed by atoms with Gasteiger partial charge in [-0.3, -0.25) is 9.80 Å². The van der Waals surface area contributed by atoms with E-state index in [1.54, 1.807) is 0 Å². The molecule has 2 heterocycles. The highest BCUT2D eigenvalue weighted by atomic mass is 35.5. The number of nitrogens with zero attached hydrogens (tertiary/aromatic N) is 2. The first-order valence-electron chi connectivity index (χ1n) is 7.35. The van der Waals surface area contributed by atoms with Crippen LogP contribution in [0.5, 0.6) is 0 Å². The summed E-state index contributed by atoms with van der Waals surface area (Å²) >= 11 is 5.72. The van der Waals surface area contributed by atoms with Crippen LogP contribution in [0.2, 0.25) is 0 Å². The Morgan fingerprint density at radius 2 is 2.00 bits per heavy atom. The molecule has 2 nitrogen and oxygen atoms in total. The third-order valence-corrected chi connectivity index (χ3v) is 4.66. The predicted molar refractivity (Wildman–Crippen MR) is 74.8 cm³/mol. The summed E-state index contributed by atoms with van der Waals surface area (Å²) in [5.74, 6) is 0.825. The number of hydrogen-bond donors (Lipinski definition) is 0. The summed E-state index contributed by atoms with van der Waals surface area (Å²) in [5, 5.41) is 0. The second-order valence-electron chi connectivity index (χ2n) is 5.74. The minimum Gasteiger partial charge on any atom is -0.298 e. The number of hydrogen-bond acceptors (Lipinski definition) is 2. The van der Waals surface area contributed by atoms with E-state index in [2.05, 4.69) is 16.7 Å². The van der Waals surface area contributed by atoms with Crippen LogP contribution >= 0.6 is 11.6 Å². The molecule has 2 rings (SSSR count). The Hall–Kier alpha value is 0.210. The van der Waals surface area contributed by atoms with Crippen molar-refractivity contribution in [3.8, 4) is 0 Å². The van der Waals surface area contributed by atoms with Gasteiger partial charge in [-0.25, -0.2) is 0 Å². The van der Waals surface area contributed by atoms with Gasteiger partial charge >= 0.3 is 0 Å². The molecule has 0 amide bonds. The summed E-state index contributed by atoms with van der Waals surface area (Å²) in [7, 11) is 0. The second-order valence-corrected chi connectivity index (χ2v) is 6.12. The number of piperidine rings is 1. The van der Waals surface area contributed by atoms with Gasteiger partial charge in [0, 0.05) is 31.1 Å². The van der Waals surface area contributed by atoms with Gasteiger partial charge in [-0.15, -0.1) is 11.6 Å². The zero-order chi connectivity index (χ0) is 12.1. The van der Waals surface area contributed by atoms with Crippen molar-refractivity contribution in [3.63, 3.8) is 0 Å². The number of unbranched alkanes of at least 4 members (excludes halogenated alkanes) is 2. The fourth-order valence-corrected chi connectivity index (χ4v) is 3.50. The summed E-state index contributed by atoms with van der Waals surface area (Å²) < 4.78 is 0. The van der Waals surface area contributed by atoms with Crippen molar-refractivity contribution < 1.29 is 0 Å². The van der Waals surface area contributed by atoms with E-state index in [-0.39, 0.29) is 0 Å². The van der Waals surface area contributed by atoms with E-state index in [4.69, 9.17) is 11.6 Å². The average Bonchev–Trinajstić information content (AvgIpc) is 2.35. The molecule has 0 aliphatic carbocycles. The van der Waals surface area contributed by atoms with Crippen molar-refractivity contribution in [1.82, 2.24) is 9.80 Å². The van der Waals surface area contributed by atoms with Crippen molar-refractivity contribution in [2.45, 2.75) is 57.5 Å². The molecule has 2 aliphatic rings. The van der Waals surface area contributed by atoms with Gasteiger partial charge in [-0.2, -0.15) is 0 Å². The smallest absolute Gasteiger partial charge is 0.0223 e. The minimum absolute atomic E-state index is 0.750. The molecule has 17 heavy (non-hydrogen) atoms. The van der Waals surface area contributed by atoms with Crippen LogP contribution in [0, 0.1) is 0 Å². The van der Waals surface area contributed by atoms with E-state index in [1.807, 2.05) is 0 Å². The Morgan fingerprint density at radius 1 is 1.12 bits per heavy atom. The molecule has 0 radical (unpaired) electrons. The molecule has 0 aromatic carbocycles. The normalized spacial score (nSPS) is 31.4. The number of fused-ring (bicyclic) bond motifs is 1. The summed E-state index contributed by atoms with van der Waals surface area (Å²) in [6, 6.07) is 1.60. The molecule has 0 N–H and O–H groups in total. The van der Waals surface area contributed by atoms with Crippen LogP contribution < -0.4 is 0 Å². The molecular weight excluding hydrogens is 232 g/mol. The van der Waals surface area contributed by atoms with E-state index in [1.165, 1.54) is 64.7 Å². The minimum atomic E-state index is 0.750. The molecule has 0 aromatic heterocycles. The van der Waals surface area contributed by atoms with E-state index < -0.39 is 0 Å². The highest BCUT2D eigenvalue weighted by molar-refractivity contribution is 6.17. The van der Waals surface area contributed by atoms with Crippen molar-refractivity contribution >= 4 is 11.6 Å². The van der Waals surface area contributed by atoms with Crippen molar-refractivity contribution in [2.75, 3.05) is 32.1 Å². The Labute approximate surface area is 111 Å². The molecular formula is C14H27ClN2. The van der Waals surface area contributed by atoms with Crippen LogP contribution in [0.1, 0.15) is 45.4 Å². The molecule has 2 fully saturated rings. The Bertz CT molecular complexity index is 222. The summed E-state index contributed by atoms with van der Waals surface area (Å²) in [6.07, 6.45) is 8.07. The lowest BCUT2D eigenvalue weighted by atomic mass is 9.97. The SMILES string of the molecule is CC1CN2CCCCC2CN1CCCCCCl. The molecule has 2 aliphatic heterocycles. The van der Waals surface area contributed by atoms with Gasteiger partial charge in [0.1, 0.15) is 0 Å². The molecule has 3 heteroatoms. The zero-order valence-corrected chi connectivity index (χ0v) is 12.0. The lowest BCUT2D eigenvalue weighted by Gasteiger charge is -2.47. The molecule has 2 atom stereocenters. The van der Waals surface area contributed by atoms with Gasteiger partial charge in [-0.05, 0) is 45.7 Å². The van der Waals surface area contributed by atoms with Crippen LogP contribution in [0.4, 0.5) is 0 Å². The lowest BCUT2D eigenvalue weighted by Crippen LogP contribution is -2.58. The molecule has 0 spiro atoms. The molecule has 2 saturated heterocycles. The van der Waals surface area contributed by atoms with Crippen molar-refractivity contribution in [3.05, 3.63) is 0 Å². The first-order valence-corrected chi connectivity index (χ1v) is 7.89. The summed E-state index contributed by atoms with van der Waals surface area (Å²) in [5.41, 5.74) is 0. The van der Waals surface area contributed by atoms with Crippen LogP contribution in [-0.4, -0.2) is 53.9 Å². The van der Waals surface area contributed by atoms with Gasteiger partial charge < -0.3 is 0 Å². The standard InChI is InChI=1S/C14H27ClN2/c1-13-11-17-10-6-3-7-14(17)12-16(13)9-5-2-4-8-15/h13-14H,2-12H2,1H3. The van der Waals surface area contributed by atoms with Crippen LogP contribution in [0.3, 0.4) is 0 Å². The quantitative estimate of drug-likeness (QED) is 0.553. The molecule has 2 unspecified atom stereocenters. The highest BCUT2D eigenvalue weighted by Gasteiger charge is 2.32. The lowest BCUT2D eigenvalue weighted by molar-refractivity contribution is 0.0147. The maximum absolute atomic E-state index is 5.72. The summed E-state index contributed by atoms with van der Waals surface area (Å²) in [6.45, 7) is 7.62. The molecule has 0 saturated carbocycles. The van der Waals surface area contributed by atoms with E-state index >= 15 is 0 Å². The molecule has 0 aromatic rings. The summed E-state index contributed by atoms with van der Waals surface area (Å²) in [4.78, 5) is 5.43. The fourth-order valence-electron chi connectivity index (χ4n) is 3.31. The third kappa shape index (κ3) is 3.84. The van der Waals surface area contributed by atoms with E-state index in [0.29, 0.717) is 0 Å². The van der Waals surface area contributed by atoms with Gasteiger partial charge in [-0.1, -0.05) is 12.8 Å². The Balaban J connectivity index is 1.74. The van der Waals surface area contributed by atoms with Crippen molar-refractivity contribution in [1.29, 1.82) is 0 Å². The largest absolute Gasteiger partial charge is 0.298 e. The monoisotopic (exact) mass is 258 g/mol. The maximum atomic E-state index is 5.72. The van der Waals surface area contributed by atoms with Crippen LogP contribution in [-0.2, 0) is 0 Å². The molecule has 0 bridgehead atoms. The van der Waals surface area contributed by atoms with Gasteiger partial charge in [0.15, 0.2) is 0 Å². The topological polar surface area (TPSA) is 6.48 Å². The average molecular weight is 259 g/mol. The number of alkyl halides is 1.